The van der Waals surface area contributed by atoms with E-state index in [9.17, 15) is 4.79 Å². The van der Waals surface area contributed by atoms with E-state index in [4.69, 9.17) is 0 Å². The fourth-order valence-corrected chi connectivity index (χ4v) is 4.16. The fourth-order valence-electron chi connectivity index (χ4n) is 3.34. The third-order valence-electron chi connectivity index (χ3n) is 4.59. The molecule has 0 unspecified atom stereocenters. The standard InChI is InChI=1S/C22H26N4OS/c1-5-26-19(13-18-9-7-6-8-10-18)24-25-22(26)28-14-20(27)23-21-16(3)11-15(2)12-17(21)4/h6-12H,5,13-14H2,1-4H3,(H,23,27). The van der Waals surface area contributed by atoms with Gasteiger partial charge in [-0.25, -0.2) is 0 Å². The van der Waals surface area contributed by atoms with E-state index < -0.39 is 0 Å². The Bertz CT molecular complexity index is 943. The van der Waals surface area contributed by atoms with Crippen LogP contribution < -0.4 is 5.32 Å². The molecule has 146 valence electrons. The summed E-state index contributed by atoms with van der Waals surface area (Å²) in [5.41, 5.74) is 5.46. The average molecular weight is 395 g/mol. The molecule has 0 spiro atoms. The van der Waals surface area contributed by atoms with Gasteiger partial charge in [-0.05, 0) is 44.4 Å². The van der Waals surface area contributed by atoms with Gasteiger partial charge in [-0.3, -0.25) is 4.79 Å². The summed E-state index contributed by atoms with van der Waals surface area (Å²) in [6.07, 6.45) is 0.732. The number of amides is 1. The summed E-state index contributed by atoms with van der Waals surface area (Å²) in [6, 6.07) is 14.4. The molecule has 6 heteroatoms. The molecule has 1 amide bonds. The van der Waals surface area contributed by atoms with Crippen molar-refractivity contribution in [3.05, 3.63) is 70.5 Å². The minimum absolute atomic E-state index is 0.0321. The molecule has 2 aromatic carbocycles. The van der Waals surface area contributed by atoms with Gasteiger partial charge in [0.2, 0.25) is 5.91 Å². The van der Waals surface area contributed by atoms with E-state index in [2.05, 4.69) is 58.2 Å². The summed E-state index contributed by atoms with van der Waals surface area (Å²) in [5.74, 6) is 1.19. The van der Waals surface area contributed by atoms with Gasteiger partial charge in [0.05, 0.1) is 5.75 Å². The Morgan fingerprint density at radius 2 is 1.75 bits per heavy atom. The van der Waals surface area contributed by atoms with Crippen molar-refractivity contribution < 1.29 is 4.79 Å². The monoisotopic (exact) mass is 394 g/mol. The third kappa shape index (κ3) is 4.81. The molecule has 3 rings (SSSR count). The first-order valence-corrected chi connectivity index (χ1v) is 10.4. The second-order valence-electron chi connectivity index (χ2n) is 6.92. The number of rotatable bonds is 7. The van der Waals surface area contributed by atoms with Crippen molar-refractivity contribution in [1.82, 2.24) is 14.8 Å². The van der Waals surface area contributed by atoms with Crippen LogP contribution in [0, 0.1) is 20.8 Å². The molecule has 0 fully saturated rings. The van der Waals surface area contributed by atoms with Crippen LogP contribution >= 0.6 is 11.8 Å². The summed E-state index contributed by atoms with van der Waals surface area (Å²) < 4.78 is 2.08. The number of anilines is 1. The maximum absolute atomic E-state index is 12.5. The summed E-state index contributed by atoms with van der Waals surface area (Å²) >= 11 is 1.42. The molecule has 0 aliphatic rings. The van der Waals surface area contributed by atoms with Gasteiger partial charge in [0.15, 0.2) is 5.16 Å². The highest BCUT2D eigenvalue weighted by molar-refractivity contribution is 7.99. The fraction of sp³-hybridized carbons (Fsp3) is 0.318. The first kappa shape index (κ1) is 20.1. The molecular formula is C22H26N4OS. The largest absolute Gasteiger partial charge is 0.325 e. The minimum atomic E-state index is -0.0321. The molecule has 0 saturated carbocycles. The lowest BCUT2D eigenvalue weighted by Gasteiger charge is -2.13. The quantitative estimate of drug-likeness (QED) is 0.598. The zero-order valence-electron chi connectivity index (χ0n) is 16.8. The maximum Gasteiger partial charge on any atom is 0.234 e. The molecule has 28 heavy (non-hydrogen) atoms. The van der Waals surface area contributed by atoms with E-state index in [0.717, 1.165) is 40.8 Å². The second kappa shape index (κ2) is 9.06. The molecule has 0 atom stereocenters. The molecule has 0 aliphatic heterocycles. The number of aromatic nitrogens is 3. The molecule has 1 heterocycles. The van der Waals surface area contributed by atoms with Gasteiger partial charge in [-0.2, -0.15) is 0 Å². The van der Waals surface area contributed by atoms with Crippen molar-refractivity contribution in [1.29, 1.82) is 0 Å². The van der Waals surface area contributed by atoms with Crippen molar-refractivity contribution in [3.8, 4) is 0 Å². The molecular weight excluding hydrogens is 368 g/mol. The van der Waals surface area contributed by atoms with E-state index in [1.54, 1.807) is 0 Å². The molecule has 1 aromatic heterocycles. The van der Waals surface area contributed by atoms with Crippen LogP contribution in [0.2, 0.25) is 0 Å². The number of benzene rings is 2. The van der Waals surface area contributed by atoms with Crippen molar-refractivity contribution in [2.45, 2.75) is 45.8 Å². The number of nitrogens with zero attached hydrogens (tertiary/aromatic N) is 3. The van der Waals surface area contributed by atoms with Gasteiger partial charge in [0.1, 0.15) is 5.82 Å². The Morgan fingerprint density at radius 1 is 1.07 bits per heavy atom. The highest BCUT2D eigenvalue weighted by Gasteiger charge is 2.14. The Balaban J connectivity index is 1.65. The average Bonchev–Trinajstić information content (AvgIpc) is 3.05. The smallest absolute Gasteiger partial charge is 0.234 e. The number of carbonyl (C=O) groups is 1. The zero-order chi connectivity index (χ0) is 20.1. The number of hydrogen-bond donors (Lipinski definition) is 1. The van der Waals surface area contributed by atoms with E-state index in [0.29, 0.717) is 5.75 Å². The van der Waals surface area contributed by atoms with Crippen LogP contribution in [-0.4, -0.2) is 26.4 Å². The second-order valence-corrected chi connectivity index (χ2v) is 7.86. The van der Waals surface area contributed by atoms with Gasteiger partial charge in [-0.1, -0.05) is 59.8 Å². The van der Waals surface area contributed by atoms with E-state index in [1.807, 2.05) is 32.0 Å². The summed E-state index contributed by atoms with van der Waals surface area (Å²) in [7, 11) is 0. The van der Waals surface area contributed by atoms with Crippen LogP contribution in [-0.2, 0) is 17.8 Å². The predicted octanol–water partition coefficient (Wildman–Crippen LogP) is 4.54. The van der Waals surface area contributed by atoms with Crippen molar-refractivity contribution in [2.24, 2.45) is 0 Å². The highest BCUT2D eigenvalue weighted by atomic mass is 32.2. The van der Waals surface area contributed by atoms with Crippen LogP contribution in [0.25, 0.3) is 0 Å². The Labute approximate surface area is 170 Å². The SMILES string of the molecule is CCn1c(Cc2ccccc2)nnc1SCC(=O)Nc1c(C)cc(C)cc1C. The number of nitrogens with one attached hydrogen (secondary N) is 1. The Hall–Kier alpha value is -2.60. The topological polar surface area (TPSA) is 59.8 Å². The van der Waals surface area contributed by atoms with Gasteiger partial charge in [0.25, 0.3) is 0 Å². The lowest BCUT2D eigenvalue weighted by molar-refractivity contribution is -0.113. The predicted molar refractivity (Wildman–Crippen MR) is 115 cm³/mol. The van der Waals surface area contributed by atoms with E-state index in [1.165, 1.54) is 22.9 Å². The third-order valence-corrected chi connectivity index (χ3v) is 5.56. The molecule has 1 N–H and O–H groups in total. The Morgan fingerprint density at radius 3 is 2.39 bits per heavy atom. The van der Waals surface area contributed by atoms with Crippen molar-refractivity contribution >= 4 is 23.4 Å². The van der Waals surface area contributed by atoms with Crippen molar-refractivity contribution in [2.75, 3.05) is 11.1 Å². The van der Waals surface area contributed by atoms with Crippen molar-refractivity contribution in [3.63, 3.8) is 0 Å². The molecule has 0 bridgehead atoms. The lowest BCUT2D eigenvalue weighted by Crippen LogP contribution is -2.16. The van der Waals surface area contributed by atoms with Gasteiger partial charge in [-0.15, -0.1) is 10.2 Å². The molecule has 0 saturated heterocycles. The first-order valence-electron chi connectivity index (χ1n) is 9.44. The van der Waals surface area contributed by atoms with E-state index in [-0.39, 0.29) is 5.91 Å². The number of hydrogen-bond acceptors (Lipinski definition) is 4. The number of thioether (sulfide) groups is 1. The molecule has 3 aromatic rings. The Kier molecular flexibility index (Phi) is 6.52. The van der Waals surface area contributed by atoms with Gasteiger partial charge < -0.3 is 9.88 Å². The highest BCUT2D eigenvalue weighted by Crippen LogP contribution is 2.23. The minimum Gasteiger partial charge on any atom is -0.325 e. The van der Waals surface area contributed by atoms with Crippen LogP contribution in [0.5, 0.6) is 0 Å². The van der Waals surface area contributed by atoms with Crippen LogP contribution in [0.3, 0.4) is 0 Å². The summed E-state index contributed by atoms with van der Waals surface area (Å²) in [4.78, 5) is 12.5. The normalized spacial score (nSPS) is 10.9. The number of aryl methyl sites for hydroxylation is 3. The van der Waals surface area contributed by atoms with Crippen LogP contribution in [0.1, 0.15) is 35.0 Å². The molecule has 0 aliphatic carbocycles. The maximum atomic E-state index is 12.5. The van der Waals surface area contributed by atoms with Crippen LogP contribution in [0.15, 0.2) is 47.6 Å². The van der Waals surface area contributed by atoms with Crippen LogP contribution in [0.4, 0.5) is 5.69 Å². The zero-order valence-corrected chi connectivity index (χ0v) is 17.6. The van der Waals surface area contributed by atoms with E-state index >= 15 is 0 Å². The van der Waals surface area contributed by atoms with Gasteiger partial charge in [0, 0.05) is 18.7 Å². The number of carbonyl (C=O) groups excluding carboxylic acids is 1. The summed E-state index contributed by atoms with van der Waals surface area (Å²) in [5, 5.41) is 12.5. The lowest BCUT2D eigenvalue weighted by atomic mass is 10.1. The first-order chi connectivity index (χ1) is 13.5. The molecule has 0 radical (unpaired) electrons. The van der Waals surface area contributed by atoms with Gasteiger partial charge >= 0.3 is 0 Å². The summed E-state index contributed by atoms with van der Waals surface area (Å²) in [6.45, 7) is 8.95. The molecule has 5 nitrogen and oxygen atoms in total.